The first-order chi connectivity index (χ1) is 14.2. The number of ether oxygens (including phenoxy) is 2. The molecule has 0 fully saturated rings. The van der Waals surface area contributed by atoms with Crippen LogP contribution >= 0.6 is 11.3 Å². The monoisotopic (exact) mass is 452 g/mol. The van der Waals surface area contributed by atoms with Crippen LogP contribution in [-0.4, -0.2) is 46.8 Å². The Morgan fingerprint density at radius 1 is 1.20 bits per heavy atom. The maximum Gasteiger partial charge on any atom is 0.341 e. The van der Waals surface area contributed by atoms with Gasteiger partial charge in [0.1, 0.15) is 17.3 Å². The van der Waals surface area contributed by atoms with Crippen LogP contribution in [0.1, 0.15) is 34.1 Å². The lowest BCUT2D eigenvalue weighted by molar-refractivity contribution is -0.114. The maximum absolute atomic E-state index is 12.7. The third kappa shape index (κ3) is 4.76. The van der Waals surface area contributed by atoms with Gasteiger partial charge in [-0.25, -0.2) is 13.2 Å². The molecule has 10 heteroatoms. The molecule has 2 aromatic rings. The summed E-state index contributed by atoms with van der Waals surface area (Å²) in [6.07, 6.45) is 3.61. The number of sulfonamides is 1. The lowest BCUT2D eigenvalue weighted by Gasteiger charge is -2.22. The molecule has 0 saturated heterocycles. The zero-order valence-electron chi connectivity index (χ0n) is 17.1. The number of thiophene rings is 1. The highest BCUT2D eigenvalue weighted by Gasteiger charge is 2.29. The summed E-state index contributed by atoms with van der Waals surface area (Å²) in [6.45, 7) is 1.54. The van der Waals surface area contributed by atoms with Gasteiger partial charge in [-0.3, -0.25) is 9.10 Å². The Labute approximate surface area is 179 Å². The highest BCUT2D eigenvalue weighted by atomic mass is 32.2. The number of fused-ring (bicyclic) bond motifs is 1. The van der Waals surface area contributed by atoms with Gasteiger partial charge in [0.2, 0.25) is 15.9 Å². The van der Waals surface area contributed by atoms with Gasteiger partial charge in [-0.2, -0.15) is 0 Å². The molecule has 1 aliphatic carbocycles. The Morgan fingerprint density at radius 3 is 2.50 bits per heavy atom. The molecule has 1 heterocycles. The van der Waals surface area contributed by atoms with E-state index in [2.05, 4.69) is 5.32 Å². The first kappa shape index (κ1) is 22.1. The molecule has 8 nitrogen and oxygen atoms in total. The second kappa shape index (κ2) is 9.05. The first-order valence-corrected chi connectivity index (χ1v) is 12.1. The minimum Gasteiger partial charge on any atom is -0.497 e. The van der Waals surface area contributed by atoms with Crippen molar-refractivity contribution in [3.8, 4) is 5.75 Å². The van der Waals surface area contributed by atoms with Crippen LogP contribution in [0.25, 0.3) is 0 Å². The number of rotatable bonds is 8. The standard InChI is InChI=1S/C20H24N2O6S2/c1-4-28-20(24)18-15-6-5-7-16(15)29-19(18)21-17(23)12-22(30(3,25)26)13-8-10-14(27-2)11-9-13/h8-11H,4-7,12H2,1-3H3,(H,21,23). The number of hydrogen-bond acceptors (Lipinski definition) is 7. The van der Waals surface area contributed by atoms with Crippen molar-refractivity contribution in [1.82, 2.24) is 0 Å². The van der Waals surface area contributed by atoms with Gasteiger partial charge in [-0.1, -0.05) is 0 Å². The van der Waals surface area contributed by atoms with Gasteiger partial charge in [0.25, 0.3) is 0 Å². The number of nitrogens with one attached hydrogen (secondary N) is 1. The Bertz CT molecular complexity index is 1040. The van der Waals surface area contributed by atoms with Crippen molar-refractivity contribution in [3.63, 3.8) is 0 Å². The zero-order chi connectivity index (χ0) is 21.9. The summed E-state index contributed by atoms with van der Waals surface area (Å²) >= 11 is 1.35. The molecule has 1 amide bonds. The maximum atomic E-state index is 12.7. The van der Waals surface area contributed by atoms with E-state index in [0.29, 0.717) is 22.0 Å². The van der Waals surface area contributed by atoms with Crippen molar-refractivity contribution < 1.29 is 27.5 Å². The Kier molecular flexibility index (Phi) is 6.67. The molecule has 0 unspecified atom stereocenters. The van der Waals surface area contributed by atoms with Gasteiger partial charge in [-0.15, -0.1) is 11.3 Å². The average Bonchev–Trinajstić information content (AvgIpc) is 3.26. The summed E-state index contributed by atoms with van der Waals surface area (Å²) < 4.78 is 35.8. The second-order valence-electron chi connectivity index (χ2n) is 6.80. The van der Waals surface area contributed by atoms with E-state index in [9.17, 15) is 18.0 Å². The van der Waals surface area contributed by atoms with Crippen molar-refractivity contribution in [1.29, 1.82) is 0 Å². The second-order valence-corrected chi connectivity index (χ2v) is 9.81. The third-order valence-corrected chi connectivity index (χ3v) is 7.05. The largest absolute Gasteiger partial charge is 0.497 e. The summed E-state index contributed by atoms with van der Waals surface area (Å²) in [4.78, 5) is 26.2. The molecule has 3 rings (SSSR count). The minimum atomic E-state index is -3.71. The van der Waals surface area contributed by atoms with E-state index in [1.54, 1.807) is 31.2 Å². The Balaban J connectivity index is 1.83. The van der Waals surface area contributed by atoms with Crippen LogP contribution < -0.4 is 14.4 Å². The number of carbonyl (C=O) groups is 2. The van der Waals surface area contributed by atoms with Gasteiger partial charge in [0.15, 0.2) is 0 Å². The smallest absolute Gasteiger partial charge is 0.341 e. The lowest BCUT2D eigenvalue weighted by Crippen LogP contribution is -2.37. The fourth-order valence-electron chi connectivity index (χ4n) is 3.36. The predicted molar refractivity (Wildman–Crippen MR) is 116 cm³/mol. The van der Waals surface area contributed by atoms with Crippen LogP contribution in [0.4, 0.5) is 10.7 Å². The van der Waals surface area contributed by atoms with Crippen LogP contribution in [0.2, 0.25) is 0 Å². The van der Waals surface area contributed by atoms with E-state index < -0.39 is 28.4 Å². The fourth-order valence-corrected chi connectivity index (χ4v) is 5.51. The number of aryl methyl sites for hydroxylation is 1. The molecular weight excluding hydrogens is 428 g/mol. The van der Waals surface area contributed by atoms with Crippen molar-refractivity contribution in [2.24, 2.45) is 0 Å². The van der Waals surface area contributed by atoms with Gasteiger partial charge >= 0.3 is 5.97 Å². The number of amides is 1. The Hall–Kier alpha value is -2.59. The highest BCUT2D eigenvalue weighted by molar-refractivity contribution is 7.92. The molecule has 1 aromatic heterocycles. The minimum absolute atomic E-state index is 0.232. The van der Waals surface area contributed by atoms with Crippen molar-refractivity contribution in [3.05, 3.63) is 40.3 Å². The summed E-state index contributed by atoms with van der Waals surface area (Å²) in [5.41, 5.74) is 1.65. The number of anilines is 2. The van der Waals surface area contributed by atoms with Crippen LogP contribution in [-0.2, 0) is 32.4 Å². The van der Waals surface area contributed by atoms with Crippen LogP contribution in [0.3, 0.4) is 0 Å². The van der Waals surface area contributed by atoms with E-state index in [0.717, 1.165) is 40.3 Å². The molecule has 1 aliphatic rings. The molecular formula is C20H24N2O6S2. The molecule has 1 N–H and O–H groups in total. The number of esters is 1. The molecule has 0 radical (unpaired) electrons. The van der Waals surface area contributed by atoms with Crippen molar-refractivity contribution in [2.45, 2.75) is 26.2 Å². The quantitative estimate of drug-likeness (QED) is 0.618. The van der Waals surface area contributed by atoms with E-state index in [1.807, 2.05) is 0 Å². The molecule has 162 valence electrons. The lowest BCUT2D eigenvalue weighted by atomic mass is 10.1. The Morgan fingerprint density at radius 2 is 1.90 bits per heavy atom. The molecule has 0 aliphatic heterocycles. The van der Waals surface area contributed by atoms with E-state index in [1.165, 1.54) is 18.4 Å². The number of nitrogens with zero attached hydrogens (tertiary/aromatic N) is 1. The third-order valence-electron chi connectivity index (χ3n) is 4.70. The van der Waals surface area contributed by atoms with Crippen LogP contribution in [0.15, 0.2) is 24.3 Å². The molecule has 0 bridgehead atoms. The van der Waals surface area contributed by atoms with Crippen LogP contribution in [0.5, 0.6) is 5.75 Å². The topological polar surface area (TPSA) is 102 Å². The molecule has 0 spiro atoms. The van der Waals surface area contributed by atoms with Crippen LogP contribution in [0, 0.1) is 0 Å². The summed E-state index contributed by atoms with van der Waals surface area (Å²) in [5.74, 6) is -0.437. The average molecular weight is 453 g/mol. The SMILES string of the molecule is CCOC(=O)c1c(NC(=O)CN(c2ccc(OC)cc2)S(C)(=O)=O)sc2c1CCC2. The van der Waals surface area contributed by atoms with Crippen molar-refractivity contribution >= 4 is 43.9 Å². The van der Waals surface area contributed by atoms with Gasteiger partial charge < -0.3 is 14.8 Å². The van der Waals surface area contributed by atoms with Crippen molar-refractivity contribution in [2.75, 3.05) is 36.1 Å². The number of hydrogen-bond donors (Lipinski definition) is 1. The van der Waals surface area contributed by atoms with Gasteiger partial charge in [-0.05, 0) is 56.0 Å². The van der Waals surface area contributed by atoms with E-state index in [-0.39, 0.29) is 6.61 Å². The number of benzene rings is 1. The van der Waals surface area contributed by atoms with Gasteiger partial charge in [0, 0.05) is 4.88 Å². The highest BCUT2D eigenvalue weighted by Crippen LogP contribution is 2.39. The summed E-state index contributed by atoms with van der Waals surface area (Å²) in [5, 5.41) is 3.13. The van der Waals surface area contributed by atoms with Gasteiger partial charge in [0.05, 0.1) is 31.2 Å². The van der Waals surface area contributed by atoms with E-state index >= 15 is 0 Å². The fraction of sp³-hybridized carbons (Fsp3) is 0.400. The number of carbonyl (C=O) groups excluding carboxylic acids is 2. The number of methoxy groups -OCH3 is 1. The zero-order valence-corrected chi connectivity index (χ0v) is 18.7. The first-order valence-electron chi connectivity index (χ1n) is 9.47. The summed E-state index contributed by atoms with van der Waals surface area (Å²) in [7, 11) is -2.20. The normalized spacial score (nSPS) is 12.9. The summed E-state index contributed by atoms with van der Waals surface area (Å²) in [6, 6.07) is 6.37. The van der Waals surface area contributed by atoms with E-state index in [4.69, 9.17) is 9.47 Å². The predicted octanol–water partition coefficient (Wildman–Crippen LogP) is 2.83. The molecule has 0 atom stereocenters. The molecule has 1 aromatic carbocycles. The molecule has 0 saturated carbocycles. The molecule has 30 heavy (non-hydrogen) atoms.